The highest BCUT2D eigenvalue weighted by Gasteiger charge is 2.17. The monoisotopic (exact) mass is 424 g/mol. The normalized spacial score (nSPS) is 11.2. The molecule has 0 spiro atoms. The lowest BCUT2D eigenvalue weighted by Gasteiger charge is -2.13. The van der Waals surface area contributed by atoms with Crippen molar-refractivity contribution >= 4 is 11.7 Å². The van der Waals surface area contributed by atoms with E-state index in [-0.39, 0.29) is 11.3 Å². The fraction of sp³-hybridized carbons (Fsp3) is 0.409. The van der Waals surface area contributed by atoms with Gasteiger partial charge in [-0.15, -0.1) is 0 Å². The van der Waals surface area contributed by atoms with E-state index in [1.165, 1.54) is 6.33 Å². The van der Waals surface area contributed by atoms with Crippen LogP contribution >= 0.6 is 0 Å². The first kappa shape index (κ1) is 22.2. The summed E-state index contributed by atoms with van der Waals surface area (Å²) in [6, 6.07) is 8.93. The molecule has 0 aliphatic heterocycles. The quantitative estimate of drug-likeness (QED) is 0.503. The van der Waals surface area contributed by atoms with Crippen LogP contribution in [0.25, 0.3) is 11.4 Å². The maximum Gasteiger partial charge on any atom is 0.251 e. The van der Waals surface area contributed by atoms with Crippen molar-refractivity contribution in [2.75, 3.05) is 25.5 Å². The minimum absolute atomic E-state index is 0.0555. The van der Waals surface area contributed by atoms with Gasteiger partial charge in [0.1, 0.15) is 12.1 Å². The molecule has 0 radical (unpaired) electrons. The summed E-state index contributed by atoms with van der Waals surface area (Å²) < 4.78 is 10.4. The van der Waals surface area contributed by atoms with E-state index in [9.17, 15) is 4.79 Å². The molecule has 2 aromatic heterocycles. The summed E-state index contributed by atoms with van der Waals surface area (Å²) in [5.41, 5.74) is 1.35. The number of benzene rings is 1. The van der Waals surface area contributed by atoms with Crippen LogP contribution in [0.4, 0.5) is 5.82 Å². The number of carbonyl (C=O) groups is 1. The summed E-state index contributed by atoms with van der Waals surface area (Å²) in [6.07, 6.45) is 2.86. The van der Waals surface area contributed by atoms with E-state index in [1.54, 1.807) is 25.3 Å². The van der Waals surface area contributed by atoms with Crippen LogP contribution in [-0.4, -0.2) is 46.2 Å². The molecule has 31 heavy (non-hydrogen) atoms. The molecule has 0 atom stereocenters. The van der Waals surface area contributed by atoms with Gasteiger partial charge in [-0.3, -0.25) is 4.79 Å². The number of hydrogen-bond donors (Lipinski definition) is 2. The Hall–Kier alpha value is -3.49. The molecule has 0 aliphatic rings. The third-order valence-electron chi connectivity index (χ3n) is 4.33. The number of hydrogen-bond acceptors (Lipinski definition) is 8. The van der Waals surface area contributed by atoms with Gasteiger partial charge in [0, 0.05) is 36.7 Å². The molecule has 0 bridgehead atoms. The molecule has 0 unspecified atom stereocenters. The van der Waals surface area contributed by atoms with E-state index < -0.39 is 0 Å². The van der Waals surface area contributed by atoms with Gasteiger partial charge >= 0.3 is 0 Å². The number of methoxy groups -OCH3 is 1. The zero-order chi connectivity index (χ0) is 22.3. The number of ether oxygens (including phenoxy) is 1. The average Bonchev–Trinajstić information content (AvgIpc) is 3.20. The molecule has 9 heteroatoms. The van der Waals surface area contributed by atoms with Crippen LogP contribution < -0.4 is 15.4 Å². The average molecular weight is 425 g/mol. The standard InChI is InChI=1S/C22H28N6O3/c1-22(2,3)13-19-27-20(28-31-19)15-7-5-8-16(11-15)21(29)24-10-6-9-23-17-12-18(30-4)26-14-25-17/h5,7-8,11-12,14H,6,9-10,13H2,1-4H3,(H,24,29)(H,23,25,26). The predicted octanol–water partition coefficient (Wildman–Crippen LogP) is 3.36. The Morgan fingerprint density at radius 2 is 2.00 bits per heavy atom. The van der Waals surface area contributed by atoms with Crippen molar-refractivity contribution in [1.82, 2.24) is 25.4 Å². The van der Waals surface area contributed by atoms with Gasteiger partial charge in [-0.2, -0.15) is 4.98 Å². The van der Waals surface area contributed by atoms with Crippen molar-refractivity contribution in [2.45, 2.75) is 33.6 Å². The molecule has 0 aliphatic carbocycles. The predicted molar refractivity (Wildman–Crippen MR) is 117 cm³/mol. The van der Waals surface area contributed by atoms with Crippen LogP contribution in [0.1, 0.15) is 43.4 Å². The van der Waals surface area contributed by atoms with E-state index in [1.807, 2.05) is 12.1 Å². The van der Waals surface area contributed by atoms with Gasteiger partial charge < -0.3 is 19.9 Å². The first-order valence-electron chi connectivity index (χ1n) is 10.2. The number of nitrogens with one attached hydrogen (secondary N) is 2. The topological polar surface area (TPSA) is 115 Å². The number of carbonyl (C=O) groups excluding carboxylic acids is 1. The number of amides is 1. The Morgan fingerprint density at radius 1 is 1.16 bits per heavy atom. The summed E-state index contributed by atoms with van der Waals surface area (Å²) in [5.74, 6) is 2.10. The van der Waals surface area contributed by atoms with Gasteiger partial charge in [0.05, 0.1) is 7.11 Å². The Labute approximate surface area is 181 Å². The minimum atomic E-state index is -0.149. The van der Waals surface area contributed by atoms with Gasteiger partial charge in [-0.25, -0.2) is 9.97 Å². The van der Waals surface area contributed by atoms with Crippen LogP contribution in [0.5, 0.6) is 5.88 Å². The van der Waals surface area contributed by atoms with E-state index >= 15 is 0 Å². The second-order valence-corrected chi connectivity index (χ2v) is 8.31. The lowest BCUT2D eigenvalue weighted by molar-refractivity contribution is 0.0953. The lowest BCUT2D eigenvalue weighted by atomic mass is 9.92. The molecular formula is C22H28N6O3. The summed E-state index contributed by atoms with van der Waals surface area (Å²) in [6.45, 7) is 7.52. The van der Waals surface area contributed by atoms with Gasteiger partial charge in [0.2, 0.25) is 17.6 Å². The molecule has 3 rings (SSSR count). The van der Waals surface area contributed by atoms with Gasteiger partial charge in [0.25, 0.3) is 5.91 Å². The lowest BCUT2D eigenvalue weighted by Crippen LogP contribution is -2.25. The molecule has 9 nitrogen and oxygen atoms in total. The SMILES string of the molecule is COc1cc(NCCCNC(=O)c2cccc(-c3noc(CC(C)(C)C)n3)c2)ncn1. The summed E-state index contributed by atoms with van der Waals surface area (Å²) >= 11 is 0. The van der Waals surface area contributed by atoms with E-state index in [0.717, 1.165) is 12.0 Å². The zero-order valence-corrected chi connectivity index (χ0v) is 18.3. The molecule has 0 saturated heterocycles. The van der Waals surface area contributed by atoms with Crippen molar-refractivity contribution in [3.63, 3.8) is 0 Å². The van der Waals surface area contributed by atoms with E-state index in [0.29, 0.717) is 48.5 Å². The van der Waals surface area contributed by atoms with Gasteiger partial charge in [-0.1, -0.05) is 38.1 Å². The molecule has 1 aromatic carbocycles. The van der Waals surface area contributed by atoms with Gasteiger partial charge in [0.15, 0.2) is 0 Å². The van der Waals surface area contributed by atoms with Crippen molar-refractivity contribution in [1.29, 1.82) is 0 Å². The second kappa shape index (κ2) is 10.0. The Morgan fingerprint density at radius 3 is 2.77 bits per heavy atom. The molecule has 1 amide bonds. The smallest absolute Gasteiger partial charge is 0.251 e. The molecule has 0 fully saturated rings. The van der Waals surface area contributed by atoms with Crippen LogP contribution in [0.2, 0.25) is 0 Å². The maximum atomic E-state index is 12.5. The molecule has 164 valence electrons. The number of nitrogens with zero attached hydrogens (tertiary/aromatic N) is 4. The third-order valence-corrected chi connectivity index (χ3v) is 4.33. The van der Waals surface area contributed by atoms with E-state index in [2.05, 4.69) is 51.5 Å². The largest absolute Gasteiger partial charge is 0.481 e. The van der Waals surface area contributed by atoms with Crippen molar-refractivity contribution < 1.29 is 14.1 Å². The van der Waals surface area contributed by atoms with E-state index in [4.69, 9.17) is 9.26 Å². The maximum absolute atomic E-state index is 12.5. The number of anilines is 1. The Balaban J connectivity index is 1.50. The van der Waals surface area contributed by atoms with Crippen LogP contribution in [0.3, 0.4) is 0 Å². The van der Waals surface area contributed by atoms with Crippen molar-refractivity contribution in [2.24, 2.45) is 5.41 Å². The molecular weight excluding hydrogens is 396 g/mol. The highest BCUT2D eigenvalue weighted by molar-refractivity contribution is 5.95. The van der Waals surface area contributed by atoms with Crippen LogP contribution in [0, 0.1) is 5.41 Å². The summed E-state index contributed by atoms with van der Waals surface area (Å²) in [7, 11) is 1.56. The Kier molecular flexibility index (Phi) is 7.17. The summed E-state index contributed by atoms with van der Waals surface area (Å²) in [5, 5.41) is 10.1. The van der Waals surface area contributed by atoms with Crippen LogP contribution in [0.15, 0.2) is 41.2 Å². The third kappa shape index (κ3) is 6.77. The first-order valence-corrected chi connectivity index (χ1v) is 10.2. The summed E-state index contributed by atoms with van der Waals surface area (Å²) in [4.78, 5) is 25.0. The van der Waals surface area contributed by atoms with Crippen molar-refractivity contribution in [3.05, 3.63) is 48.1 Å². The number of aromatic nitrogens is 4. The molecule has 0 saturated carbocycles. The van der Waals surface area contributed by atoms with Gasteiger partial charge in [-0.05, 0) is 24.0 Å². The first-order chi connectivity index (χ1) is 14.8. The fourth-order valence-corrected chi connectivity index (χ4v) is 2.85. The second-order valence-electron chi connectivity index (χ2n) is 8.31. The van der Waals surface area contributed by atoms with Crippen molar-refractivity contribution in [3.8, 4) is 17.3 Å². The van der Waals surface area contributed by atoms with Crippen LogP contribution in [-0.2, 0) is 6.42 Å². The fourth-order valence-electron chi connectivity index (χ4n) is 2.85. The highest BCUT2D eigenvalue weighted by Crippen LogP contribution is 2.22. The number of rotatable bonds is 9. The zero-order valence-electron chi connectivity index (χ0n) is 18.3. The highest BCUT2D eigenvalue weighted by atomic mass is 16.5. The molecule has 2 N–H and O–H groups in total. The molecule has 2 heterocycles. The Bertz CT molecular complexity index is 1010. The minimum Gasteiger partial charge on any atom is -0.481 e. The molecule has 3 aromatic rings.